The minimum atomic E-state index is -1.000. The lowest BCUT2D eigenvalue weighted by Crippen LogP contribution is -2.54. The lowest BCUT2D eigenvalue weighted by Gasteiger charge is -2.29. The van der Waals surface area contributed by atoms with Crippen LogP contribution in [0.25, 0.3) is 0 Å². The number of aliphatic carboxylic acids is 2. The zero-order valence-electron chi connectivity index (χ0n) is 19.3. The standard InChI is InChI=1S/C23H42N4O5/c24-13-5-4-8-18(21(28)27-16-6-10-20(27)23(31)32)26-19(22(29)30)9-3-1-2-7-17-11-14-25-15-12-17/h17-20,25-26H,1-16,24H2,(H,29,30)(H,31,32)/t18-,19-,20-/m0/s1. The molecule has 2 saturated heterocycles. The predicted octanol–water partition coefficient (Wildman–Crippen LogP) is 1.55. The fourth-order valence-corrected chi connectivity index (χ4v) is 4.91. The number of carbonyl (C=O) groups excluding carboxylic acids is 1. The maximum absolute atomic E-state index is 13.1. The van der Waals surface area contributed by atoms with Crippen molar-refractivity contribution in [2.75, 3.05) is 26.2 Å². The molecule has 1 amide bonds. The number of amides is 1. The van der Waals surface area contributed by atoms with Crippen LogP contribution in [-0.4, -0.2) is 77.3 Å². The second kappa shape index (κ2) is 14.4. The summed E-state index contributed by atoms with van der Waals surface area (Å²) in [5, 5.41) is 25.6. The van der Waals surface area contributed by atoms with Gasteiger partial charge in [0, 0.05) is 6.54 Å². The van der Waals surface area contributed by atoms with E-state index in [0.717, 1.165) is 44.7 Å². The van der Waals surface area contributed by atoms with Gasteiger partial charge in [-0.3, -0.25) is 14.9 Å². The van der Waals surface area contributed by atoms with Gasteiger partial charge in [0.1, 0.15) is 12.1 Å². The van der Waals surface area contributed by atoms with E-state index in [1.807, 2.05) is 0 Å². The molecule has 2 aliphatic rings. The summed E-state index contributed by atoms with van der Waals surface area (Å²) in [6, 6.07) is -2.33. The van der Waals surface area contributed by atoms with Crippen LogP contribution in [0.1, 0.15) is 77.0 Å². The summed E-state index contributed by atoms with van der Waals surface area (Å²) in [6.45, 7) is 3.09. The van der Waals surface area contributed by atoms with Crippen molar-refractivity contribution in [3.8, 4) is 0 Å². The van der Waals surface area contributed by atoms with Crippen molar-refractivity contribution >= 4 is 17.8 Å². The molecule has 9 nitrogen and oxygen atoms in total. The molecule has 0 aromatic rings. The van der Waals surface area contributed by atoms with Crippen LogP contribution in [0.4, 0.5) is 0 Å². The first-order chi connectivity index (χ1) is 15.4. The van der Waals surface area contributed by atoms with Crippen molar-refractivity contribution in [3.05, 3.63) is 0 Å². The molecule has 2 heterocycles. The number of carbonyl (C=O) groups is 3. The van der Waals surface area contributed by atoms with Gasteiger partial charge in [-0.2, -0.15) is 0 Å². The third kappa shape index (κ3) is 8.67. The van der Waals surface area contributed by atoms with Crippen LogP contribution in [0, 0.1) is 5.92 Å². The zero-order valence-corrected chi connectivity index (χ0v) is 19.3. The first kappa shape index (κ1) is 26.5. The maximum atomic E-state index is 13.1. The number of carboxylic acids is 2. The van der Waals surface area contributed by atoms with Crippen LogP contribution in [0.5, 0.6) is 0 Å². The number of carboxylic acid groups (broad SMARTS) is 2. The number of piperidine rings is 1. The summed E-state index contributed by atoms with van der Waals surface area (Å²) in [7, 11) is 0. The van der Waals surface area contributed by atoms with Crippen LogP contribution < -0.4 is 16.4 Å². The minimum absolute atomic E-state index is 0.302. The largest absolute Gasteiger partial charge is 0.480 e. The van der Waals surface area contributed by atoms with E-state index in [0.29, 0.717) is 45.2 Å². The first-order valence-electron chi connectivity index (χ1n) is 12.4. The highest BCUT2D eigenvalue weighted by Gasteiger charge is 2.38. The van der Waals surface area contributed by atoms with Crippen molar-refractivity contribution in [1.29, 1.82) is 0 Å². The molecule has 0 spiro atoms. The molecule has 3 atom stereocenters. The van der Waals surface area contributed by atoms with Gasteiger partial charge >= 0.3 is 11.9 Å². The van der Waals surface area contributed by atoms with Crippen LogP contribution in [0.2, 0.25) is 0 Å². The molecule has 0 aromatic heterocycles. The van der Waals surface area contributed by atoms with Gasteiger partial charge in [-0.1, -0.05) is 32.1 Å². The van der Waals surface area contributed by atoms with Crippen LogP contribution in [-0.2, 0) is 14.4 Å². The Kier molecular flexibility index (Phi) is 12.0. The number of nitrogens with one attached hydrogen (secondary N) is 2. The highest BCUT2D eigenvalue weighted by Crippen LogP contribution is 2.22. The molecule has 9 heteroatoms. The third-order valence-corrected chi connectivity index (χ3v) is 6.83. The number of rotatable bonds is 15. The fraction of sp³-hybridized carbons (Fsp3) is 0.870. The van der Waals surface area contributed by atoms with Crippen molar-refractivity contribution in [2.45, 2.75) is 95.2 Å². The van der Waals surface area contributed by atoms with E-state index in [2.05, 4.69) is 10.6 Å². The zero-order chi connectivity index (χ0) is 23.3. The molecule has 32 heavy (non-hydrogen) atoms. The highest BCUT2D eigenvalue weighted by molar-refractivity contribution is 5.88. The Hall–Kier alpha value is -1.71. The average molecular weight is 455 g/mol. The number of nitrogens with two attached hydrogens (primary N) is 1. The molecule has 0 bridgehead atoms. The van der Waals surface area contributed by atoms with Gasteiger partial charge in [0.05, 0.1) is 6.04 Å². The van der Waals surface area contributed by atoms with Crippen LogP contribution in [0.3, 0.4) is 0 Å². The first-order valence-corrected chi connectivity index (χ1v) is 12.4. The lowest BCUT2D eigenvalue weighted by atomic mass is 9.92. The molecule has 2 rings (SSSR count). The van der Waals surface area contributed by atoms with Gasteiger partial charge in [-0.25, -0.2) is 4.79 Å². The maximum Gasteiger partial charge on any atom is 0.326 e. The second-order valence-electron chi connectivity index (χ2n) is 9.25. The molecule has 0 saturated carbocycles. The summed E-state index contributed by atoms with van der Waals surface area (Å²) in [6.07, 6.45) is 9.95. The Morgan fingerprint density at radius 2 is 1.66 bits per heavy atom. The lowest BCUT2D eigenvalue weighted by molar-refractivity contribution is -0.149. The van der Waals surface area contributed by atoms with Gasteiger partial charge in [0.15, 0.2) is 0 Å². The predicted molar refractivity (Wildman–Crippen MR) is 122 cm³/mol. The number of hydrogen-bond donors (Lipinski definition) is 5. The number of likely N-dealkylation sites (tertiary alicyclic amines) is 1. The third-order valence-electron chi connectivity index (χ3n) is 6.83. The van der Waals surface area contributed by atoms with E-state index in [1.54, 1.807) is 0 Å². The van der Waals surface area contributed by atoms with E-state index in [1.165, 1.54) is 24.2 Å². The smallest absolute Gasteiger partial charge is 0.326 e. The molecule has 0 aliphatic carbocycles. The van der Waals surface area contributed by atoms with Crippen LogP contribution >= 0.6 is 0 Å². The molecular formula is C23H42N4O5. The quantitative estimate of drug-likeness (QED) is 0.234. The number of nitrogens with zero attached hydrogens (tertiary/aromatic N) is 1. The summed E-state index contributed by atoms with van der Waals surface area (Å²) in [5.74, 6) is -1.49. The molecule has 0 unspecified atom stereocenters. The van der Waals surface area contributed by atoms with E-state index in [9.17, 15) is 24.6 Å². The monoisotopic (exact) mass is 454 g/mol. The van der Waals surface area contributed by atoms with E-state index < -0.39 is 30.1 Å². The van der Waals surface area contributed by atoms with Gasteiger partial charge in [0.25, 0.3) is 0 Å². The summed E-state index contributed by atoms with van der Waals surface area (Å²) < 4.78 is 0. The fourth-order valence-electron chi connectivity index (χ4n) is 4.91. The Labute approximate surface area is 191 Å². The summed E-state index contributed by atoms with van der Waals surface area (Å²) in [4.78, 5) is 37.9. The molecule has 2 aliphatic heterocycles. The molecule has 2 fully saturated rings. The Morgan fingerprint density at radius 3 is 2.31 bits per heavy atom. The van der Waals surface area contributed by atoms with Gasteiger partial charge in [0.2, 0.25) is 5.91 Å². The number of hydrogen-bond acceptors (Lipinski definition) is 6. The summed E-state index contributed by atoms with van der Waals surface area (Å²) in [5.41, 5.74) is 5.58. The minimum Gasteiger partial charge on any atom is -0.480 e. The number of unbranched alkanes of at least 4 members (excludes halogenated alkanes) is 3. The molecule has 0 aromatic carbocycles. The Balaban J connectivity index is 1.87. The molecule has 0 radical (unpaired) electrons. The van der Waals surface area contributed by atoms with Crippen LogP contribution in [0.15, 0.2) is 0 Å². The molecule has 184 valence electrons. The molecule has 6 N–H and O–H groups in total. The molecular weight excluding hydrogens is 412 g/mol. The Morgan fingerprint density at radius 1 is 0.969 bits per heavy atom. The van der Waals surface area contributed by atoms with Crippen molar-refractivity contribution in [3.63, 3.8) is 0 Å². The van der Waals surface area contributed by atoms with E-state index in [4.69, 9.17) is 5.73 Å². The van der Waals surface area contributed by atoms with E-state index in [-0.39, 0.29) is 5.91 Å². The normalized spacial score (nSPS) is 21.4. The van der Waals surface area contributed by atoms with Crippen molar-refractivity contribution < 1.29 is 24.6 Å². The van der Waals surface area contributed by atoms with E-state index >= 15 is 0 Å². The van der Waals surface area contributed by atoms with Gasteiger partial charge in [-0.05, 0) is 70.5 Å². The van der Waals surface area contributed by atoms with Crippen molar-refractivity contribution in [2.24, 2.45) is 11.7 Å². The summed E-state index contributed by atoms with van der Waals surface area (Å²) >= 11 is 0. The topological polar surface area (TPSA) is 145 Å². The van der Waals surface area contributed by atoms with Gasteiger partial charge < -0.3 is 26.2 Å². The average Bonchev–Trinajstić information content (AvgIpc) is 3.27. The SMILES string of the molecule is NCCCC[C@H](N[C@@H](CCCCCC1CCNCC1)C(=O)O)C(=O)N1CCC[C@H]1C(=O)O. The Bertz CT molecular complexity index is 597. The highest BCUT2D eigenvalue weighted by atomic mass is 16.4. The second-order valence-corrected chi connectivity index (χ2v) is 9.25. The van der Waals surface area contributed by atoms with Gasteiger partial charge in [-0.15, -0.1) is 0 Å². The van der Waals surface area contributed by atoms with Crippen molar-refractivity contribution in [1.82, 2.24) is 15.5 Å².